The van der Waals surface area contributed by atoms with Crippen molar-refractivity contribution in [2.45, 2.75) is 12.2 Å². The Morgan fingerprint density at radius 3 is 2.29 bits per heavy atom. The van der Waals surface area contributed by atoms with Crippen LogP contribution in [0.4, 0.5) is 10.5 Å². The van der Waals surface area contributed by atoms with E-state index in [1.165, 1.54) is 12.1 Å². The largest absolute Gasteiger partial charge is 0.478 e. The highest BCUT2D eigenvalue weighted by Crippen LogP contribution is 2.30. The van der Waals surface area contributed by atoms with Crippen molar-refractivity contribution in [3.05, 3.63) is 27.7 Å². The van der Waals surface area contributed by atoms with Gasteiger partial charge in [0.1, 0.15) is 0 Å². The van der Waals surface area contributed by atoms with Crippen molar-refractivity contribution in [3.63, 3.8) is 0 Å². The number of carboxylic acids is 1. The lowest BCUT2D eigenvalue weighted by atomic mass is 10.2. The van der Waals surface area contributed by atoms with E-state index in [1.54, 1.807) is 0 Å². The third kappa shape index (κ3) is 3.38. The van der Waals surface area contributed by atoms with Gasteiger partial charge in [0.05, 0.1) is 41.6 Å². The van der Waals surface area contributed by atoms with Crippen molar-refractivity contribution in [3.8, 4) is 0 Å². The zero-order valence-corrected chi connectivity index (χ0v) is 12.1. The van der Waals surface area contributed by atoms with Gasteiger partial charge in [0.2, 0.25) is 0 Å². The maximum Gasteiger partial charge on any atom is 0.337 e. The number of β-amino-alcohol motifs (C(OH)–C–C–N with tert-alkyl or cyclic N) is 2. The first kappa shape index (κ1) is 15.8. The van der Waals surface area contributed by atoms with Crippen molar-refractivity contribution in [2.75, 3.05) is 18.4 Å². The molecule has 21 heavy (non-hydrogen) atoms. The minimum Gasteiger partial charge on any atom is -0.478 e. The number of carboxylic acid groups (broad SMARTS) is 1. The number of urea groups is 1. The van der Waals surface area contributed by atoms with Gasteiger partial charge >= 0.3 is 12.0 Å². The monoisotopic (exact) mass is 334 g/mol. The zero-order chi connectivity index (χ0) is 15.7. The Hall–Kier alpha value is -1.54. The molecule has 2 rings (SSSR count). The summed E-state index contributed by atoms with van der Waals surface area (Å²) in [5, 5.41) is 30.4. The fourth-order valence-electron chi connectivity index (χ4n) is 1.99. The van der Waals surface area contributed by atoms with Crippen LogP contribution in [0.25, 0.3) is 0 Å². The number of carbonyl (C=O) groups is 2. The second-order valence-electron chi connectivity index (χ2n) is 4.59. The van der Waals surface area contributed by atoms with Crippen LogP contribution in [0.5, 0.6) is 0 Å². The maximum absolute atomic E-state index is 12.0. The molecule has 0 saturated carbocycles. The molecule has 1 aliphatic rings. The van der Waals surface area contributed by atoms with Crippen LogP contribution in [0.1, 0.15) is 10.4 Å². The van der Waals surface area contributed by atoms with Crippen molar-refractivity contribution < 1.29 is 24.9 Å². The molecule has 1 heterocycles. The molecule has 0 radical (unpaired) electrons. The van der Waals surface area contributed by atoms with Gasteiger partial charge in [0.25, 0.3) is 0 Å². The molecule has 1 aliphatic heterocycles. The van der Waals surface area contributed by atoms with Crippen LogP contribution in [0.2, 0.25) is 10.0 Å². The van der Waals surface area contributed by atoms with E-state index in [1.807, 2.05) is 0 Å². The van der Waals surface area contributed by atoms with Gasteiger partial charge in [-0.3, -0.25) is 0 Å². The number of rotatable bonds is 2. The second-order valence-corrected chi connectivity index (χ2v) is 5.43. The first-order valence-corrected chi connectivity index (χ1v) is 6.69. The Labute approximate surface area is 129 Å². The average Bonchev–Trinajstić information content (AvgIpc) is 2.72. The van der Waals surface area contributed by atoms with Gasteiger partial charge in [0, 0.05) is 5.02 Å². The molecule has 2 atom stereocenters. The summed E-state index contributed by atoms with van der Waals surface area (Å²) in [6.45, 7) is -0.110. The molecule has 114 valence electrons. The van der Waals surface area contributed by atoms with Crippen molar-refractivity contribution in [2.24, 2.45) is 0 Å². The third-order valence-corrected chi connectivity index (χ3v) is 3.58. The molecule has 4 N–H and O–H groups in total. The van der Waals surface area contributed by atoms with E-state index in [4.69, 9.17) is 28.3 Å². The van der Waals surface area contributed by atoms with Gasteiger partial charge in [-0.25, -0.2) is 9.59 Å². The van der Waals surface area contributed by atoms with Crippen LogP contribution in [-0.2, 0) is 0 Å². The number of carbonyl (C=O) groups excluding carboxylic acids is 1. The molecule has 1 fully saturated rings. The number of amides is 2. The lowest BCUT2D eigenvalue weighted by Gasteiger charge is -2.18. The van der Waals surface area contributed by atoms with E-state index < -0.39 is 24.2 Å². The van der Waals surface area contributed by atoms with Crippen molar-refractivity contribution in [1.82, 2.24) is 4.90 Å². The van der Waals surface area contributed by atoms with E-state index in [0.717, 1.165) is 4.90 Å². The summed E-state index contributed by atoms with van der Waals surface area (Å²) in [7, 11) is 0. The standard InChI is InChI=1S/C12H12Cl2N2O5/c13-5-1-6(11(19)20)10(7(14)2-5)15-12(21)16-3-8(17)9(18)4-16/h1-2,8-9,17-18H,3-4H2,(H,15,21)(H,19,20). The van der Waals surface area contributed by atoms with Crippen LogP contribution in [0, 0.1) is 0 Å². The van der Waals surface area contributed by atoms with Gasteiger partial charge in [-0.15, -0.1) is 0 Å². The van der Waals surface area contributed by atoms with Gasteiger partial charge in [-0.2, -0.15) is 0 Å². The number of anilines is 1. The average molecular weight is 335 g/mol. The number of aromatic carboxylic acids is 1. The number of nitrogens with zero attached hydrogens (tertiary/aromatic N) is 1. The highest BCUT2D eigenvalue weighted by molar-refractivity contribution is 6.37. The first-order chi connectivity index (χ1) is 9.79. The van der Waals surface area contributed by atoms with Gasteiger partial charge in [-0.1, -0.05) is 23.2 Å². The quantitative estimate of drug-likeness (QED) is 0.650. The molecule has 0 aliphatic carbocycles. The molecular formula is C12H12Cl2N2O5. The molecule has 7 nitrogen and oxygen atoms in total. The van der Waals surface area contributed by atoms with E-state index in [2.05, 4.69) is 5.32 Å². The highest BCUT2D eigenvalue weighted by atomic mass is 35.5. The van der Waals surface area contributed by atoms with Crippen LogP contribution in [0.15, 0.2) is 12.1 Å². The molecule has 1 aromatic carbocycles. The second kappa shape index (κ2) is 6.07. The molecule has 2 amide bonds. The molecule has 9 heteroatoms. The van der Waals surface area contributed by atoms with Crippen LogP contribution in [0.3, 0.4) is 0 Å². The van der Waals surface area contributed by atoms with Crippen LogP contribution >= 0.6 is 23.2 Å². The van der Waals surface area contributed by atoms with E-state index in [-0.39, 0.29) is 34.4 Å². The summed E-state index contributed by atoms with van der Waals surface area (Å²) in [4.78, 5) is 24.4. The van der Waals surface area contributed by atoms with Crippen molar-refractivity contribution in [1.29, 1.82) is 0 Å². The van der Waals surface area contributed by atoms with E-state index in [9.17, 15) is 19.8 Å². The number of aliphatic hydroxyl groups excluding tert-OH is 2. The Morgan fingerprint density at radius 1 is 1.19 bits per heavy atom. The Morgan fingerprint density at radius 2 is 1.76 bits per heavy atom. The van der Waals surface area contributed by atoms with Crippen molar-refractivity contribution >= 4 is 40.9 Å². The number of halogens is 2. The number of hydrogen-bond donors (Lipinski definition) is 4. The lowest BCUT2D eigenvalue weighted by Crippen LogP contribution is -2.34. The minimum atomic E-state index is -1.30. The zero-order valence-electron chi connectivity index (χ0n) is 10.6. The summed E-state index contributed by atoms with van der Waals surface area (Å²) in [5.41, 5.74) is -0.337. The summed E-state index contributed by atoms with van der Waals surface area (Å²) in [6, 6.07) is 1.80. The van der Waals surface area contributed by atoms with Crippen LogP contribution < -0.4 is 5.32 Å². The minimum absolute atomic E-state index is 0.0199. The Kier molecular flexibility index (Phi) is 4.58. The number of benzene rings is 1. The number of aliphatic hydroxyl groups is 2. The summed E-state index contributed by atoms with van der Waals surface area (Å²) in [5.74, 6) is -1.30. The number of nitrogens with one attached hydrogen (secondary N) is 1. The highest BCUT2D eigenvalue weighted by Gasteiger charge is 2.33. The van der Waals surface area contributed by atoms with Gasteiger partial charge < -0.3 is 25.5 Å². The summed E-state index contributed by atoms with van der Waals surface area (Å²) in [6.07, 6.45) is -2.06. The third-order valence-electron chi connectivity index (χ3n) is 3.06. The SMILES string of the molecule is O=C(O)c1cc(Cl)cc(Cl)c1NC(=O)N1CC(O)C(O)C1. The fourth-order valence-corrected chi connectivity index (χ4v) is 2.53. The van der Waals surface area contributed by atoms with Crippen LogP contribution in [-0.4, -0.2) is 57.5 Å². The summed E-state index contributed by atoms with van der Waals surface area (Å²) < 4.78 is 0. The number of likely N-dealkylation sites (tertiary alicyclic amines) is 1. The molecule has 2 unspecified atom stereocenters. The predicted molar refractivity (Wildman–Crippen MR) is 76.0 cm³/mol. The molecular weight excluding hydrogens is 323 g/mol. The molecule has 0 aromatic heterocycles. The molecule has 1 saturated heterocycles. The first-order valence-electron chi connectivity index (χ1n) is 5.94. The van der Waals surface area contributed by atoms with E-state index in [0.29, 0.717) is 0 Å². The maximum atomic E-state index is 12.0. The van der Waals surface area contributed by atoms with Gasteiger partial charge in [-0.05, 0) is 12.1 Å². The lowest BCUT2D eigenvalue weighted by molar-refractivity contribution is 0.0572. The topological polar surface area (TPSA) is 110 Å². The Bertz CT molecular complexity index is 585. The smallest absolute Gasteiger partial charge is 0.337 e. The molecule has 0 spiro atoms. The fraction of sp³-hybridized carbons (Fsp3) is 0.333. The Balaban J connectivity index is 2.23. The molecule has 0 bridgehead atoms. The van der Waals surface area contributed by atoms with E-state index >= 15 is 0 Å². The summed E-state index contributed by atoms with van der Waals surface area (Å²) >= 11 is 11.6. The van der Waals surface area contributed by atoms with Gasteiger partial charge in [0.15, 0.2) is 0 Å². The number of hydrogen-bond acceptors (Lipinski definition) is 4. The molecule has 1 aromatic rings. The predicted octanol–water partition coefficient (Wildman–Crippen LogP) is 1.26. The normalized spacial score (nSPS) is 21.4.